The van der Waals surface area contributed by atoms with Crippen molar-refractivity contribution in [3.8, 4) is 0 Å². The normalized spacial score (nSPS) is 24.5. The third-order valence-electron chi connectivity index (χ3n) is 4.52. The van der Waals surface area contributed by atoms with Gasteiger partial charge in [0.2, 0.25) is 11.8 Å². The summed E-state index contributed by atoms with van der Waals surface area (Å²) < 4.78 is 0. The van der Waals surface area contributed by atoms with E-state index in [1.165, 1.54) is 0 Å². The molecule has 1 N–H and O–H groups in total. The number of carbonyl (C=O) groups excluding carboxylic acids is 2. The number of amides is 2. The summed E-state index contributed by atoms with van der Waals surface area (Å²) in [6.07, 6.45) is 5.09. The van der Waals surface area contributed by atoms with E-state index in [0.717, 1.165) is 51.9 Å². The van der Waals surface area contributed by atoms with Gasteiger partial charge in [-0.15, -0.1) is 12.4 Å². The van der Waals surface area contributed by atoms with Crippen LogP contribution in [0.2, 0.25) is 0 Å². The van der Waals surface area contributed by atoms with E-state index >= 15 is 0 Å². The van der Waals surface area contributed by atoms with Gasteiger partial charge in [-0.2, -0.15) is 0 Å². The van der Waals surface area contributed by atoms with Crippen LogP contribution in [-0.2, 0) is 9.59 Å². The van der Waals surface area contributed by atoms with Crippen LogP contribution >= 0.6 is 12.4 Å². The molecule has 1 saturated carbocycles. The molecular formula is C14H24ClN3O2. The third-order valence-corrected chi connectivity index (χ3v) is 4.52. The summed E-state index contributed by atoms with van der Waals surface area (Å²) in [7, 11) is 0. The van der Waals surface area contributed by atoms with Gasteiger partial charge in [0.15, 0.2) is 0 Å². The summed E-state index contributed by atoms with van der Waals surface area (Å²) in [5, 5.41) is 3.31. The van der Waals surface area contributed by atoms with E-state index in [4.69, 9.17) is 0 Å². The number of piperazine rings is 1. The molecule has 2 amide bonds. The van der Waals surface area contributed by atoms with Crippen LogP contribution in [0.3, 0.4) is 0 Å². The van der Waals surface area contributed by atoms with E-state index in [1.807, 2.05) is 4.90 Å². The fourth-order valence-corrected chi connectivity index (χ4v) is 3.13. The molecule has 3 aliphatic rings. The van der Waals surface area contributed by atoms with Gasteiger partial charge in [0.25, 0.3) is 0 Å². The molecule has 0 aromatic heterocycles. The molecule has 0 bridgehead atoms. The highest BCUT2D eigenvalue weighted by atomic mass is 35.5. The van der Waals surface area contributed by atoms with Gasteiger partial charge in [0, 0.05) is 25.6 Å². The molecule has 114 valence electrons. The Morgan fingerprint density at radius 2 is 1.85 bits per heavy atom. The van der Waals surface area contributed by atoms with Crippen LogP contribution in [0.15, 0.2) is 0 Å². The first-order valence-corrected chi connectivity index (χ1v) is 7.52. The van der Waals surface area contributed by atoms with Crippen LogP contribution in [-0.4, -0.2) is 60.4 Å². The van der Waals surface area contributed by atoms with Crippen molar-refractivity contribution >= 4 is 24.2 Å². The average Bonchev–Trinajstić information content (AvgIpc) is 3.24. The molecule has 0 spiro atoms. The van der Waals surface area contributed by atoms with Gasteiger partial charge < -0.3 is 15.1 Å². The van der Waals surface area contributed by atoms with Crippen molar-refractivity contribution in [2.75, 3.05) is 32.7 Å². The van der Waals surface area contributed by atoms with E-state index < -0.39 is 0 Å². The SMILES string of the molecule is Cl.O=C(CC1CCNCC1)N1CCN(C2CC2)C(=O)C1. The highest BCUT2D eigenvalue weighted by Crippen LogP contribution is 2.28. The standard InChI is InChI=1S/C14H23N3O2.ClH/c18-13(9-11-3-5-15-6-4-11)16-7-8-17(12-1-2-12)14(19)10-16;/h11-12,15H,1-10H2;1H. The molecule has 20 heavy (non-hydrogen) atoms. The molecule has 0 radical (unpaired) electrons. The molecule has 2 saturated heterocycles. The lowest BCUT2D eigenvalue weighted by Crippen LogP contribution is -2.53. The fraction of sp³-hybridized carbons (Fsp3) is 0.857. The van der Waals surface area contributed by atoms with Gasteiger partial charge in [0.1, 0.15) is 0 Å². The Hall–Kier alpha value is -0.810. The Morgan fingerprint density at radius 3 is 2.45 bits per heavy atom. The van der Waals surface area contributed by atoms with E-state index in [-0.39, 0.29) is 24.2 Å². The number of piperidine rings is 1. The maximum atomic E-state index is 12.2. The fourth-order valence-electron chi connectivity index (χ4n) is 3.13. The summed E-state index contributed by atoms with van der Waals surface area (Å²) in [4.78, 5) is 28.0. The van der Waals surface area contributed by atoms with Gasteiger partial charge in [-0.25, -0.2) is 0 Å². The molecule has 6 heteroatoms. The average molecular weight is 302 g/mol. The summed E-state index contributed by atoms with van der Waals surface area (Å²) in [6, 6.07) is 0.481. The summed E-state index contributed by atoms with van der Waals surface area (Å²) in [5.41, 5.74) is 0. The topological polar surface area (TPSA) is 52.7 Å². The molecule has 0 aromatic rings. The van der Waals surface area contributed by atoms with Crippen LogP contribution in [0.5, 0.6) is 0 Å². The van der Waals surface area contributed by atoms with Crippen molar-refractivity contribution in [1.82, 2.24) is 15.1 Å². The van der Waals surface area contributed by atoms with Crippen LogP contribution in [0.1, 0.15) is 32.1 Å². The number of rotatable bonds is 3. The smallest absolute Gasteiger partial charge is 0.242 e. The highest BCUT2D eigenvalue weighted by Gasteiger charge is 2.36. The first-order chi connectivity index (χ1) is 9.24. The van der Waals surface area contributed by atoms with Crippen LogP contribution in [0, 0.1) is 5.92 Å². The van der Waals surface area contributed by atoms with Crippen molar-refractivity contribution in [2.45, 2.75) is 38.1 Å². The zero-order chi connectivity index (χ0) is 13.2. The van der Waals surface area contributed by atoms with Gasteiger partial charge in [-0.1, -0.05) is 0 Å². The predicted octanol–water partition coefficient (Wildman–Crippen LogP) is 0.631. The van der Waals surface area contributed by atoms with Gasteiger partial charge in [-0.3, -0.25) is 9.59 Å². The molecular weight excluding hydrogens is 278 g/mol. The minimum absolute atomic E-state index is 0. The summed E-state index contributed by atoms with van der Waals surface area (Å²) in [5.74, 6) is 0.827. The van der Waals surface area contributed by atoms with E-state index in [0.29, 0.717) is 24.9 Å². The van der Waals surface area contributed by atoms with Gasteiger partial charge in [0.05, 0.1) is 6.54 Å². The largest absolute Gasteiger partial charge is 0.336 e. The van der Waals surface area contributed by atoms with E-state index in [9.17, 15) is 9.59 Å². The Bertz CT molecular complexity index is 367. The van der Waals surface area contributed by atoms with Crippen molar-refractivity contribution in [1.29, 1.82) is 0 Å². The maximum absolute atomic E-state index is 12.2. The Kier molecular flexibility index (Phi) is 5.27. The second kappa shape index (κ2) is 6.76. The Labute approximate surface area is 126 Å². The Balaban J connectivity index is 0.00000147. The first-order valence-electron chi connectivity index (χ1n) is 7.52. The molecule has 2 aliphatic heterocycles. The van der Waals surface area contributed by atoms with E-state index in [1.54, 1.807) is 4.90 Å². The third kappa shape index (κ3) is 3.64. The van der Waals surface area contributed by atoms with Gasteiger partial charge >= 0.3 is 0 Å². The second-order valence-corrected chi connectivity index (χ2v) is 6.03. The predicted molar refractivity (Wildman–Crippen MR) is 78.8 cm³/mol. The molecule has 5 nitrogen and oxygen atoms in total. The first kappa shape index (κ1) is 15.6. The number of nitrogens with zero attached hydrogens (tertiary/aromatic N) is 2. The Morgan fingerprint density at radius 1 is 1.15 bits per heavy atom. The minimum Gasteiger partial charge on any atom is -0.336 e. The number of hydrogen-bond acceptors (Lipinski definition) is 3. The zero-order valence-corrected chi connectivity index (χ0v) is 12.7. The molecule has 3 fully saturated rings. The van der Waals surface area contributed by atoms with Crippen molar-refractivity contribution in [3.63, 3.8) is 0 Å². The maximum Gasteiger partial charge on any atom is 0.242 e. The second-order valence-electron chi connectivity index (χ2n) is 6.03. The van der Waals surface area contributed by atoms with Crippen LogP contribution < -0.4 is 5.32 Å². The lowest BCUT2D eigenvalue weighted by molar-refractivity contribution is -0.146. The lowest BCUT2D eigenvalue weighted by atomic mass is 9.94. The monoisotopic (exact) mass is 301 g/mol. The number of nitrogens with one attached hydrogen (secondary N) is 1. The molecule has 0 aromatic carbocycles. The number of hydrogen-bond donors (Lipinski definition) is 1. The molecule has 2 heterocycles. The van der Waals surface area contributed by atoms with Crippen molar-refractivity contribution < 1.29 is 9.59 Å². The highest BCUT2D eigenvalue weighted by molar-refractivity contribution is 5.86. The molecule has 3 rings (SSSR count). The number of halogens is 1. The summed E-state index contributed by atoms with van der Waals surface area (Å²) >= 11 is 0. The number of carbonyl (C=O) groups is 2. The van der Waals surface area contributed by atoms with Crippen molar-refractivity contribution in [3.05, 3.63) is 0 Å². The van der Waals surface area contributed by atoms with Crippen LogP contribution in [0.25, 0.3) is 0 Å². The zero-order valence-electron chi connectivity index (χ0n) is 11.8. The molecule has 1 aliphatic carbocycles. The molecule has 0 unspecified atom stereocenters. The van der Waals surface area contributed by atoms with E-state index in [2.05, 4.69) is 5.32 Å². The summed E-state index contributed by atoms with van der Waals surface area (Å²) in [6.45, 7) is 3.81. The van der Waals surface area contributed by atoms with Crippen molar-refractivity contribution in [2.24, 2.45) is 5.92 Å². The quantitative estimate of drug-likeness (QED) is 0.832. The van der Waals surface area contributed by atoms with Crippen LogP contribution in [0.4, 0.5) is 0 Å². The molecule has 0 atom stereocenters. The minimum atomic E-state index is 0. The van der Waals surface area contributed by atoms with Gasteiger partial charge in [-0.05, 0) is 44.7 Å². The lowest BCUT2D eigenvalue weighted by Gasteiger charge is -2.35.